The quantitative estimate of drug-likeness (QED) is 0.502. The van der Waals surface area contributed by atoms with E-state index in [0.717, 1.165) is 5.56 Å². The van der Waals surface area contributed by atoms with Gasteiger partial charge >= 0.3 is 5.69 Å². The Morgan fingerprint density at radius 1 is 1.33 bits per heavy atom. The number of hydrogen-bond acceptors (Lipinski definition) is 5. The molecule has 2 heterocycles. The fraction of sp³-hybridized carbons (Fsp3) is 0.176. The van der Waals surface area contributed by atoms with Crippen molar-refractivity contribution in [3.8, 4) is 0 Å². The van der Waals surface area contributed by atoms with Crippen LogP contribution in [0.25, 0.3) is 11.2 Å². The molecule has 2 N–H and O–H groups in total. The van der Waals surface area contributed by atoms with Crippen LogP contribution < -0.4 is 16.7 Å². The summed E-state index contributed by atoms with van der Waals surface area (Å²) in [6.45, 7) is 2.01. The third kappa shape index (κ3) is 4.12. The lowest BCUT2D eigenvalue weighted by Crippen LogP contribution is -2.29. The molecule has 0 bridgehead atoms. The Kier molecular flexibility index (Phi) is 5.48. The molecule has 0 spiro atoms. The lowest BCUT2D eigenvalue weighted by atomic mass is 10.2. The minimum absolute atomic E-state index is 0.244. The van der Waals surface area contributed by atoms with Crippen LogP contribution in [0.4, 0.5) is 5.95 Å². The molecule has 0 atom stereocenters. The molecule has 0 aliphatic rings. The Hall–Kier alpha value is -2.84. The Bertz CT molecular complexity index is 1150. The number of benzene rings is 1. The summed E-state index contributed by atoms with van der Waals surface area (Å²) in [6, 6.07) is 7.12. The number of halogens is 2. The third-order valence-corrected chi connectivity index (χ3v) is 4.22. The van der Waals surface area contributed by atoms with Gasteiger partial charge in [-0.05, 0) is 24.6 Å². The lowest BCUT2D eigenvalue weighted by molar-refractivity contribution is 0.818. The first kappa shape index (κ1) is 18.9. The summed E-state index contributed by atoms with van der Waals surface area (Å²) in [5.74, 6) is 0.302. The average Bonchev–Trinajstić information content (AvgIpc) is 2.99. The van der Waals surface area contributed by atoms with Crippen molar-refractivity contribution < 1.29 is 0 Å². The maximum atomic E-state index is 12.3. The summed E-state index contributed by atoms with van der Waals surface area (Å²) in [4.78, 5) is 30.7. The highest BCUT2D eigenvalue weighted by Crippen LogP contribution is 2.16. The van der Waals surface area contributed by atoms with Gasteiger partial charge in [-0.3, -0.25) is 18.9 Å². The van der Waals surface area contributed by atoms with Gasteiger partial charge in [0.15, 0.2) is 11.2 Å². The van der Waals surface area contributed by atoms with Crippen molar-refractivity contribution in [3.05, 3.63) is 66.8 Å². The largest absolute Gasteiger partial charge is 0.329 e. The maximum absolute atomic E-state index is 12.3. The number of fused-ring (bicyclic) bond motifs is 1. The number of H-pyrrole nitrogens is 1. The van der Waals surface area contributed by atoms with Crippen LogP contribution in [-0.2, 0) is 13.6 Å². The van der Waals surface area contributed by atoms with Crippen LogP contribution in [0.15, 0.2) is 50.1 Å². The Balaban J connectivity index is 2.04. The van der Waals surface area contributed by atoms with Crippen molar-refractivity contribution in [1.82, 2.24) is 19.1 Å². The molecule has 0 unspecified atom stereocenters. The van der Waals surface area contributed by atoms with E-state index in [4.69, 9.17) is 23.2 Å². The van der Waals surface area contributed by atoms with Crippen molar-refractivity contribution in [2.24, 2.45) is 12.1 Å². The van der Waals surface area contributed by atoms with Gasteiger partial charge in [0.2, 0.25) is 5.95 Å². The molecule has 0 amide bonds. The van der Waals surface area contributed by atoms with Gasteiger partial charge in [-0.1, -0.05) is 41.4 Å². The number of anilines is 1. The van der Waals surface area contributed by atoms with Gasteiger partial charge in [-0.2, -0.15) is 10.1 Å². The van der Waals surface area contributed by atoms with Gasteiger partial charge in [0, 0.05) is 23.6 Å². The first-order chi connectivity index (χ1) is 12.9. The summed E-state index contributed by atoms with van der Waals surface area (Å²) < 4.78 is 2.86. The summed E-state index contributed by atoms with van der Waals surface area (Å²) in [6.07, 6.45) is 3.31. The smallest absolute Gasteiger partial charge is 0.299 e. The van der Waals surface area contributed by atoms with E-state index in [9.17, 15) is 9.59 Å². The molecule has 8 nitrogen and oxygen atoms in total. The van der Waals surface area contributed by atoms with Crippen LogP contribution in [0.2, 0.25) is 5.02 Å². The van der Waals surface area contributed by atoms with Gasteiger partial charge in [0.25, 0.3) is 5.56 Å². The van der Waals surface area contributed by atoms with E-state index < -0.39 is 11.2 Å². The number of imidazole rings is 1. The Morgan fingerprint density at radius 3 is 2.70 bits per heavy atom. The van der Waals surface area contributed by atoms with Crippen LogP contribution >= 0.6 is 23.2 Å². The van der Waals surface area contributed by atoms with Crippen LogP contribution in [0.5, 0.6) is 0 Å². The van der Waals surface area contributed by atoms with Gasteiger partial charge in [0.05, 0.1) is 6.21 Å². The Labute approximate surface area is 163 Å². The average molecular weight is 407 g/mol. The molecule has 0 saturated carbocycles. The first-order valence-corrected chi connectivity index (χ1v) is 8.69. The predicted molar refractivity (Wildman–Crippen MR) is 108 cm³/mol. The molecule has 0 aliphatic heterocycles. The summed E-state index contributed by atoms with van der Waals surface area (Å²) >= 11 is 11.8. The van der Waals surface area contributed by atoms with E-state index in [1.807, 2.05) is 12.1 Å². The number of nitrogens with one attached hydrogen (secondary N) is 2. The normalized spacial score (nSPS) is 12.2. The number of aryl methyl sites for hydroxylation is 1. The maximum Gasteiger partial charge on any atom is 0.329 e. The number of nitrogens with zero attached hydrogens (tertiary/aromatic N) is 4. The summed E-state index contributed by atoms with van der Waals surface area (Å²) in [7, 11) is 1.53. The monoisotopic (exact) mass is 406 g/mol. The van der Waals surface area contributed by atoms with Gasteiger partial charge in [-0.25, -0.2) is 10.2 Å². The van der Waals surface area contributed by atoms with E-state index in [0.29, 0.717) is 16.0 Å². The van der Waals surface area contributed by atoms with Gasteiger partial charge in [-0.15, -0.1) is 0 Å². The topological polar surface area (TPSA) is 97.1 Å². The Morgan fingerprint density at radius 2 is 2.04 bits per heavy atom. The lowest BCUT2D eigenvalue weighted by Gasteiger charge is -2.05. The molecule has 3 rings (SSSR count). The van der Waals surface area contributed by atoms with E-state index >= 15 is 0 Å². The zero-order valence-electron chi connectivity index (χ0n) is 14.5. The fourth-order valence-corrected chi connectivity index (χ4v) is 2.62. The van der Waals surface area contributed by atoms with Gasteiger partial charge < -0.3 is 0 Å². The standard InChI is InChI=1S/C17H16Cl2N6O2/c1-10(18)7-8-25-13-14(24(2)17(27)22-15(13)26)21-16(25)23-20-9-11-3-5-12(19)6-4-11/h3-7,9H,8H2,1-2H3,(H,21,23)(H,22,26,27)/b10-7+,20-9-. The highest BCUT2D eigenvalue weighted by molar-refractivity contribution is 6.30. The van der Waals surface area contributed by atoms with Crippen molar-refractivity contribution in [1.29, 1.82) is 0 Å². The minimum atomic E-state index is -0.544. The SMILES string of the molecule is C/C(Cl)=C\Cn1c(N/N=C\c2ccc(Cl)cc2)nc2c1c(=O)[nH]c(=O)n2C. The molecule has 27 heavy (non-hydrogen) atoms. The molecule has 1 aromatic carbocycles. The highest BCUT2D eigenvalue weighted by atomic mass is 35.5. The molecule has 0 fully saturated rings. The molecule has 2 aromatic heterocycles. The van der Waals surface area contributed by atoms with Crippen molar-refractivity contribution in [3.63, 3.8) is 0 Å². The van der Waals surface area contributed by atoms with Crippen molar-refractivity contribution >= 4 is 46.5 Å². The van der Waals surface area contributed by atoms with E-state index in [1.54, 1.807) is 35.9 Å². The van der Waals surface area contributed by atoms with Crippen LogP contribution in [-0.4, -0.2) is 25.3 Å². The zero-order valence-corrected chi connectivity index (χ0v) is 16.0. The highest BCUT2D eigenvalue weighted by Gasteiger charge is 2.16. The first-order valence-electron chi connectivity index (χ1n) is 7.93. The summed E-state index contributed by atoms with van der Waals surface area (Å²) in [5.41, 5.74) is 3.06. The van der Waals surface area contributed by atoms with Crippen LogP contribution in [0.1, 0.15) is 12.5 Å². The zero-order chi connectivity index (χ0) is 19.6. The predicted octanol–water partition coefficient (Wildman–Crippen LogP) is 2.67. The molecule has 3 aromatic rings. The molecule has 140 valence electrons. The second-order valence-electron chi connectivity index (χ2n) is 5.75. The van der Waals surface area contributed by atoms with Crippen LogP contribution in [0.3, 0.4) is 0 Å². The van der Waals surface area contributed by atoms with E-state index in [2.05, 4.69) is 20.5 Å². The number of aromatic nitrogens is 4. The number of aromatic amines is 1. The minimum Gasteiger partial charge on any atom is -0.299 e. The number of rotatable bonds is 5. The molecular formula is C17H16Cl2N6O2. The fourth-order valence-electron chi connectivity index (χ4n) is 2.43. The third-order valence-electron chi connectivity index (χ3n) is 3.81. The molecular weight excluding hydrogens is 391 g/mol. The second-order valence-corrected chi connectivity index (χ2v) is 6.78. The molecule has 0 radical (unpaired) electrons. The molecule has 10 heteroatoms. The molecule has 0 aliphatic carbocycles. The summed E-state index contributed by atoms with van der Waals surface area (Å²) in [5, 5.41) is 5.35. The molecule has 0 saturated heterocycles. The number of hydrazone groups is 1. The van der Waals surface area contributed by atoms with Crippen LogP contribution in [0, 0.1) is 0 Å². The van der Waals surface area contributed by atoms with Crippen molar-refractivity contribution in [2.45, 2.75) is 13.5 Å². The van der Waals surface area contributed by atoms with Crippen molar-refractivity contribution in [2.75, 3.05) is 5.43 Å². The van der Waals surface area contributed by atoms with E-state index in [1.165, 1.54) is 11.6 Å². The second kappa shape index (κ2) is 7.81. The number of allylic oxidation sites excluding steroid dienone is 2. The van der Waals surface area contributed by atoms with E-state index in [-0.39, 0.29) is 17.7 Å². The van der Waals surface area contributed by atoms with Gasteiger partial charge in [0.1, 0.15) is 0 Å². The number of hydrogen-bond donors (Lipinski definition) is 2.